The maximum absolute atomic E-state index is 12.1. The Balaban J connectivity index is 2.06. The molecule has 3 rings (SSSR count). The number of carbonyl (C=O) groups is 2. The van der Waals surface area contributed by atoms with Crippen molar-refractivity contribution in [2.75, 3.05) is 11.9 Å². The molecule has 110 valence electrons. The molecular weight excluding hydrogens is 280 g/mol. The Hall–Kier alpha value is -2.95. The van der Waals surface area contributed by atoms with Gasteiger partial charge in [-0.15, -0.1) is 0 Å². The molecule has 0 radical (unpaired) electrons. The van der Waals surface area contributed by atoms with Crippen molar-refractivity contribution in [2.24, 2.45) is 4.99 Å². The molecule has 0 saturated carbocycles. The molecule has 1 aliphatic heterocycles. The summed E-state index contributed by atoms with van der Waals surface area (Å²) in [6.07, 6.45) is 0. The second-order valence-electron chi connectivity index (χ2n) is 4.70. The molecule has 1 N–H and O–H groups in total. The first-order valence-electron chi connectivity index (χ1n) is 6.96. The summed E-state index contributed by atoms with van der Waals surface area (Å²) >= 11 is 0. The molecule has 0 saturated heterocycles. The molecule has 0 bridgehead atoms. The largest absolute Gasteiger partial charge is 0.462 e. The molecule has 1 heterocycles. The lowest BCUT2D eigenvalue weighted by Crippen LogP contribution is -2.14. The zero-order valence-corrected chi connectivity index (χ0v) is 12.0. The highest BCUT2D eigenvalue weighted by molar-refractivity contribution is 6.54. The highest BCUT2D eigenvalue weighted by Gasteiger charge is 2.26. The number of hydrogen-bond acceptors (Lipinski definition) is 4. The number of carbonyl (C=O) groups excluding carboxylic acids is 2. The highest BCUT2D eigenvalue weighted by atomic mass is 16.5. The zero-order chi connectivity index (χ0) is 15.5. The highest BCUT2D eigenvalue weighted by Crippen LogP contribution is 2.27. The maximum atomic E-state index is 12.1. The molecule has 0 aromatic heterocycles. The average Bonchev–Trinajstić information content (AvgIpc) is 2.84. The van der Waals surface area contributed by atoms with Crippen LogP contribution in [0.15, 0.2) is 53.5 Å². The number of rotatable bonds is 3. The molecule has 5 heteroatoms. The van der Waals surface area contributed by atoms with E-state index in [1.54, 1.807) is 31.2 Å². The van der Waals surface area contributed by atoms with Crippen molar-refractivity contribution in [2.45, 2.75) is 6.92 Å². The van der Waals surface area contributed by atoms with E-state index >= 15 is 0 Å². The number of esters is 1. The topological polar surface area (TPSA) is 67.8 Å². The van der Waals surface area contributed by atoms with Gasteiger partial charge < -0.3 is 10.1 Å². The number of ether oxygens (including phenoxy) is 1. The minimum atomic E-state index is -0.450. The summed E-state index contributed by atoms with van der Waals surface area (Å²) in [6.45, 7) is 2.03. The lowest BCUT2D eigenvalue weighted by molar-refractivity contribution is -0.110. The predicted octanol–water partition coefficient (Wildman–Crippen LogP) is 2.94. The van der Waals surface area contributed by atoms with Gasteiger partial charge in [0.25, 0.3) is 5.91 Å². The number of nitrogens with zero attached hydrogens (tertiary/aromatic N) is 1. The molecule has 1 amide bonds. The fourth-order valence-electron chi connectivity index (χ4n) is 2.29. The van der Waals surface area contributed by atoms with E-state index in [9.17, 15) is 9.59 Å². The summed E-state index contributed by atoms with van der Waals surface area (Å²) in [6, 6.07) is 14.1. The van der Waals surface area contributed by atoms with E-state index in [2.05, 4.69) is 10.3 Å². The minimum Gasteiger partial charge on any atom is -0.462 e. The van der Waals surface area contributed by atoms with Crippen LogP contribution in [0.2, 0.25) is 0 Å². The third kappa shape index (κ3) is 2.48. The van der Waals surface area contributed by atoms with Crippen LogP contribution >= 0.6 is 0 Å². The van der Waals surface area contributed by atoms with Crippen LogP contribution < -0.4 is 5.32 Å². The molecule has 22 heavy (non-hydrogen) atoms. The van der Waals surface area contributed by atoms with Gasteiger partial charge in [0.05, 0.1) is 23.5 Å². The van der Waals surface area contributed by atoms with Gasteiger partial charge in [0.2, 0.25) is 0 Å². The zero-order valence-electron chi connectivity index (χ0n) is 12.0. The molecule has 0 atom stereocenters. The Bertz CT molecular complexity index is 781. The Labute approximate surface area is 127 Å². The summed E-state index contributed by atoms with van der Waals surface area (Å²) < 4.78 is 5.02. The van der Waals surface area contributed by atoms with Gasteiger partial charge in [0.15, 0.2) is 0 Å². The second-order valence-corrected chi connectivity index (χ2v) is 4.70. The number of aliphatic imine (C=N–C) groups is 1. The van der Waals surface area contributed by atoms with Crippen molar-refractivity contribution in [3.05, 3.63) is 59.7 Å². The van der Waals surface area contributed by atoms with Crippen LogP contribution in [0.25, 0.3) is 0 Å². The van der Waals surface area contributed by atoms with Gasteiger partial charge in [0.1, 0.15) is 5.71 Å². The van der Waals surface area contributed by atoms with Crippen molar-refractivity contribution in [3.63, 3.8) is 0 Å². The SMILES string of the molecule is CCOC(=O)c1ccccc1N=C1C(=O)Nc2ccccc21. The number of nitrogens with one attached hydrogen (secondary N) is 1. The van der Waals surface area contributed by atoms with Gasteiger partial charge >= 0.3 is 5.97 Å². The molecule has 0 unspecified atom stereocenters. The molecular formula is C17H14N2O3. The number of fused-ring (bicyclic) bond motifs is 1. The predicted molar refractivity (Wildman–Crippen MR) is 83.7 cm³/mol. The van der Waals surface area contributed by atoms with E-state index in [0.717, 1.165) is 11.3 Å². The lowest BCUT2D eigenvalue weighted by atomic mass is 10.1. The van der Waals surface area contributed by atoms with Crippen LogP contribution in [-0.2, 0) is 9.53 Å². The molecule has 5 nitrogen and oxygen atoms in total. The summed E-state index contributed by atoms with van der Waals surface area (Å²) in [5, 5.41) is 2.76. The number of anilines is 1. The third-order valence-corrected chi connectivity index (χ3v) is 3.28. The Morgan fingerprint density at radius 1 is 1.14 bits per heavy atom. The number of para-hydroxylation sites is 2. The van der Waals surface area contributed by atoms with Crippen LogP contribution in [0.3, 0.4) is 0 Å². The molecule has 0 spiro atoms. The van der Waals surface area contributed by atoms with Crippen molar-refractivity contribution >= 4 is 29.0 Å². The summed E-state index contributed by atoms with van der Waals surface area (Å²) in [4.78, 5) is 28.4. The van der Waals surface area contributed by atoms with Gasteiger partial charge in [-0.1, -0.05) is 30.3 Å². The monoisotopic (exact) mass is 294 g/mol. The fourth-order valence-corrected chi connectivity index (χ4v) is 2.29. The van der Waals surface area contributed by atoms with Crippen LogP contribution in [0.1, 0.15) is 22.8 Å². The van der Waals surface area contributed by atoms with Crippen LogP contribution in [-0.4, -0.2) is 24.2 Å². The quantitative estimate of drug-likeness (QED) is 0.885. The Morgan fingerprint density at radius 3 is 2.68 bits per heavy atom. The standard InChI is InChI=1S/C17H14N2O3/c1-2-22-17(21)12-8-4-6-10-14(12)18-15-11-7-3-5-9-13(11)19-16(15)20/h3-10H,2H2,1H3,(H,18,19,20). The normalized spacial score (nSPS) is 14.6. The van der Waals surface area contributed by atoms with Crippen LogP contribution in [0.5, 0.6) is 0 Å². The van der Waals surface area contributed by atoms with E-state index in [0.29, 0.717) is 17.0 Å². The first kappa shape index (κ1) is 14.0. The summed E-state index contributed by atoms with van der Waals surface area (Å²) in [7, 11) is 0. The van der Waals surface area contributed by atoms with Crippen molar-refractivity contribution in [3.8, 4) is 0 Å². The van der Waals surface area contributed by atoms with Crippen LogP contribution in [0.4, 0.5) is 11.4 Å². The molecule has 2 aromatic carbocycles. The lowest BCUT2D eigenvalue weighted by Gasteiger charge is -2.05. The second kappa shape index (κ2) is 5.81. The average molecular weight is 294 g/mol. The first-order valence-corrected chi connectivity index (χ1v) is 6.96. The maximum Gasteiger partial charge on any atom is 0.340 e. The van der Waals surface area contributed by atoms with Gasteiger partial charge in [-0.25, -0.2) is 9.79 Å². The van der Waals surface area contributed by atoms with Gasteiger partial charge in [0, 0.05) is 5.56 Å². The van der Waals surface area contributed by atoms with E-state index in [4.69, 9.17) is 4.74 Å². The molecule has 0 fully saturated rings. The van der Waals surface area contributed by atoms with E-state index in [1.165, 1.54) is 0 Å². The first-order chi connectivity index (χ1) is 10.7. The van der Waals surface area contributed by atoms with E-state index in [-0.39, 0.29) is 12.5 Å². The summed E-state index contributed by atoms with van der Waals surface area (Å²) in [5.41, 5.74) is 2.51. The van der Waals surface area contributed by atoms with Crippen molar-refractivity contribution in [1.82, 2.24) is 0 Å². The van der Waals surface area contributed by atoms with Crippen molar-refractivity contribution < 1.29 is 14.3 Å². The third-order valence-electron chi connectivity index (χ3n) is 3.28. The number of amides is 1. The van der Waals surface area contributed by atoms with Crippen molar-refractivity contribution in [1.29, 1.82) is 0 Å². The smallest absolute Gasteiger partial charge is 0.340 e. The van der Waals surface area contributed by atoms with E-state index < -0.39 is 5.97 Å². The molecule has 0 aliphatic carbocycles. The Kier molecular flexibility index (Phi) is 3.70. The van der Waals surface area contributed by atoms with Gasteiger partial charge in [-0.2, -0.15) is 0 Å². The number of benzene rings is 2. The number of hydrogen-bond donors (Lipinski definition) is 1. The van der Waals surface area contributed by atoms with E-state index in [1.807, 2.05) is 24.3 Å². The van der Waals surface area contributed by atoms with Crippen LogP contribution in [0, 0.1) is 0 Å². The Morgan fingerprint density at radius 2 is 1.86 bits per heavy atom. The minimum absolute atomic E-state index is 0.278. The summed E-state index contributed by atoms with van der Waals surface area (Å²) in [5.74, 6) is -0.728. The van der Waals surface area contributed by atoms with Gasteiger partial charge in [-0.3, -0.25) is 4.79 Å². The van der Waals surface area contributed by atoms with Gasteiger partial charge in [-0.05, 0) is 25.1 Å². The molecule has 2 aromatic rings. The fraction of sp³-hybridized carbons (Fsp3) is 0.118. The molecule has 1 aliphatic rings.